The molecule has 1 aliphatic rings. The Hall–Kier alpha value is -2.57. The van der Waals surface area contributed by atoms with E-state index in [1.807, 2.05) is 61.6 Å². The summed E-state index contributed by atoms with van der Waals surface area (Å²) in [6.45, 7) is 6.33. The summed E-state index contributed by atoms with van der Waals surface area (Å²) in [5.74, 6) is 1.87. The van der Waals surface area contributed by atoms with Gasteiger partial charge in [-0.05, 0) is 18.2 Å². The van der Waals surface area contributed by atoms with Crippen LogP contribution in [0.3, 0.4) is 0 Å². The lowest BCUT2D eigenvalue weighted by atomic mass is 10.2. The average Bonchev–Trinajstić information content (AvgIpc) is 2.76. The summed E-state index contributed by atoms with van der Waals surface area (Å²) in [5.41, 5.74) is 1.02. The van der Waals surface area contributed by atoms with Crippen molar-refractivity contribution in [1.29, 1.82) is 0 Å². The van der Waals surface area contributed by atoms with E-state index in [2.05, 4.69) is 9.80 Å². The fraction of sp³-hybridized carbons (Fsp3) is 0.435. The first-order valence-electron chi connectivity index (χ1n) is 10.1. The molecule has 0 bridgehead atoms. The molecule has 0 aromatic heterocycles. The number of carbonyl (C=O) groups is 1. The van der Waals surface area contributed by atoms with Crippen molar-refractivity contribution in [1.82, 2.24) is 14.7 Å². The van der Waals surface area contributed by atoms with Gasteiger partial charge in [-0.1, -0.05) is 36.4 Å². The topological polar surface area (TPSA) is 45.2 Å². The number of amides is 1. The molecule has 1 saturated heterocycles. The molecule has 6 nitrogen and oxygen atoms in total. The van der Waals surface area contributed by atoms with E-state index >= 15 is 0 Å². The monoisotopic (exact) mass is 397 g/mol. The largest absolute Gasteiger partial charge is 0.496 e. The molecule has 156 valence electrons. The lowest BCUT2D eigenvalue weighted by molar-refractivity contribution is -0.132. The molecule has 0 unspecified atom stereocenters. The maximum atomic E-state index is 12.6. The van der Waals surface area contributed by atoms with Crippen molar-refractivity contribution in [3.63, 3.8) is 0 Å². The van der Waals surface area contributed by atoms with E-state index in [0.29, 0.717) is 19.7 Å². The molecule has 3 rings (SSSR count). The van der Waals surface area contributed by atoms with Crippen molar-refractivity contribution in [2.45, 2.75) is 6.54 Å². The Balaban J connectivity index is 1.36. The highest BCUT2D eigenvalue weighted by atomic mass is 16.5. The van der Waals surface area contributed by atoms with E-state index in [0.717, 1.165) is 49.8 Å². The lowest BCUT2D eigenvalue weighted by Crippen LogP contribution is -2.50. The maximum Gasteiger partial charge on any atom is 0.236 e. The number of hydrogen-bond donors (Lipinski definition) is 0. The van der Waals surface area contributed by atoms with E-state index in [4.69, 9.17) is 9.47 Å². The predicted molar refractivity (Wildman–Crippen MR) is 114 cm³/mol. The Morgan fingerprint density at radius 1 is 0.966 bits per heavy atom. The summed E-state index contributed by atoms with van der Waals surface area (Å²) in [6, 6.07) is 17.7. The Kier molecular flexibility index (Phi) is 7.90. The van der Waals surface area contributed by atoms with Gasteiger partial charge >= 0.3 is 0 Å². The minimum Gasteiger partial charge on any atom is -0.496 e. The van der Waals surface area contributed by atoms with Crippen molar-refractivity contribution >= 4 is 5.91 Å². The number of carbonyl (C=O) groups excluding carboxylic acids is 1. The SMILES string of the molecule is COc1ccccc1CN(C)C(=O)CN1CCN(CCOc2ccccc2)CC1. The van der Waals surface area contributed by atoms with E-state index in [9.17, 15) is 4.79 Å². The molecular formula is C23H31N3O3. The first-order valence-corrected chi connectivity index (χ1v) is 10.1. The zero-order valence-electron chi connectivity index (χ0n) is 17.4. The molecule has 2 aromatic carbocycles. The van der Waals surface area contributed by atoms with Gasteiger partial charge in [-0.15, -0.1) is 0 Å². The second-order valence-electron chi connectivity index (χ2n) is 7.34. The normalized spacial score (nSPS) is 15.1. The molecule has 1 heterocycles. The lowest BCUT2D eigenvalue weighted by Gasteiger charge is -2.34. The number of para-hydroxylation sites is 2. The molecule has 0 saturated carbocycles. The number of methoxy groups -OCH3 is 1. The number of hydrogen-bond acceptors (Lipinski definition) is 5. The van der Waals surface area contributed by atoms with Crippen LogP contribution in [0.15, 0.2) is 54.6 Å². The number of nitrogens with zero attached hydrogens (tertiary/aromatic N) is 3. The van der Waals surface area contributed by atoms with Gasteiger partial charge in [-0.3, -0.25) is 14.6 Å². The quantitative estimate of drug-likeness (QED) is 0.650. The van der Waals surface area contributed by atoms with Crippen LogP contribution in [-0.4, -0.2) is 80.6 Å². The zero-order valence-corrected chi connectivity index (χ0v) is 17.4. The van der Waals surface area contributed by atoms with Gasteiger partial charge in [0.05, 0.1) is 13.7 Å². The summed E-state index contributed by atoms with van der Waals surface area (Å²) in [6.07, 6.45) is 0. The molecule has 1 fully saturated rings. The van der Waals surface area contributed by atoms with Crippen LogP contribution in [0.2, 0.25) is 0 Å². The molecule has 6 heteroatoms. The summed E-state index contributed by atoms with van der Waals surface area (Å²) in [4.78, 5) is 19.0. The zero-order chi connectivity index (χ0) is 20.5. The third-order valence-corrected chi connectivity index (χ3v) is 5.27. The Morgan fingerprint density at radius 2 is 1.62 bits per heavy atom. The average molecular weight is 398 g/mol. The van der Waals surface area contributed by atoms with Crippen molar-refractivity contribution in [2.24, 2.45) is 0 Å². The number of likely N-dealkylation sites (N-methyl/N-ethyl adjacent to an activating group) is 1. The van der Waals surface area contributed by atoms with E-state index in [1.165, 1.54) is 0 Å². The second-order valence-corrected chi connectivity index (χ2v) is 7.34. The van der Waals surface area contributed by atoms with Crippen LogP contribution in [-0.2, 0) is 11.3 Å². The summed E-state index contributed by atoms with van der Waals surface area (Å²) < 4.78 is 11.2. The second kappa shape index (κ2) is 10.8. The van der Waals surface area contributed by atoms with Gasteiger partial charge in [0, 0.05) is 51.9 Å². The Morgan fingerprint density at radius 3 is 2.34 bits per heavy atom. The van der Waals surface area contributed by atoms with Gasteiger partial charge in [-0.25, -0.2) is 0 Å². The van der Waals surface area contributed by atoms with Gasteiger partial charge in [-0.2, -0.15) is 0 Å². The first-order chi connectivity index (χ1) is 14.2. The van der Waals surface area contributed by atoms with Crippen LogP contribution in [0.25, 0.3) is 0 Å². The van der Waals surface area contributed by atoms with E-state index in [1.54, 1.807) is 12.0 Å². The van der Waals surface area contributed by atoms with Crippen LogP contribution in [0.5, 0.6) is 11.5 Å². The fourth-order valence-corrected chi connectivity index (χ4v) is 3.47. The van der Waals surface area contributed by atoms with Gasteiger partial charge < -0.3 is 14.4 Å². The van der Waals surface area contributed by atoms with Crippen LogP contribution in [0, 0.1) is 0 Å². The van der Waals surface area contributed by atoms with E-state index < -0.39 is 0 Å². The fourth-order valence-electron chi connectivity index (χ4n) is 3.47. The molecule has 0 radical (unpaired) electrons. The highest BCUT2D eigenvalue weighted by Crippen LogP contribution is 2.19. The van der Waals surface area contributed by atoms with E-state index in [-0.39, 0.29) is 5.91 Å². The molecule has 0 aliphatic carbocycles. The van der Waals surface area contributed by atoms with Crippen LogP contribution in [0.1, 0.15) is 5.56 Å². The van der Waals surface area contributed by atoms with Crippen LogP contribution < -0.4 is 9.47 Å². The Labute approximate surface area is 173 Å². The molecule has 1 aliphatic heterocycles. The van der Waals surface area contributed by atoms with Crippen molar-refractivity contribution in [3.8, 4) is 11.5 Å². The predicted octanol–water partition coefficient (Wildman–Crippen LogP) is 2.35. The third-order valence-electron chi connectivity index (χ3n) is 5.27. The number of piperazine rings is 1. The molecule has 1 amide bonds. The van der Waals surface area contributed by atoms with Crippen LogP contribution in [0.4, 0.5) is 0 Å². The van der Waals surface area contributed by atoms with Gasteiger partial charge in [0.1, 0.15) is 18.1 Å². The molecule has 2 aromatic rings. The minimum absolute atomic E-state index is 0.136. The van der Waals surface area contributed by atoms with Crippen molar-refractivity contribution in [2.75, 3.05) is 60.0 Å². The molecule has 29 heavy (non-hydrogen) atoms. The first kappa shape index (κ1) is 21.1. The molecular weight excluding hydrogens is 366 g/mol. The van der Waals surface area contributed by atoms with Gasteiger partial charge in [0.15, 0.2) is 0 Å². The number of ether oxygens (including phenoxy) is 2. The summed E-state index contributed by atoms with van der Waals surface area (Å²) in [7, 11) is 3.51. The standard InChI is InChI=1S/C23H31N3O3/c1-24(18-20-8-6-7-11-22(20)28-2)23(27)19-26-14-12-25(13-15-26)16-17-29-21-9-4-3-5-10-21/h3-11H,12-19H2,1-2H3. The number of benzene rings is 2. The van der Waals surface area contributed by atoms with Crippen LogP contribution >= 0.6 is 0 Å². The third kappa shape index (κ3) is 6.48. The molecule has 0 spiro atoms. The minimum atomic E-state index is 0.136. The van der Waals surface area contributed by atoms with Gasteiger partial charge in [0.25, 0.3) is 0 Å². The van der Waals surface area contributed by atoms with Gasteiger partial charge in [0.2, 0.25) is 5.91 Å². The highest BCUT2D eigenvalue weighted by Gasteiger charge is 2.21. The summed E-state index contributed by atoms with van der Waals surface area (Å²) in [5, 5.41) is 0. The smallest absolute Gasteiger partial charge is 0.236 e. The maximum absolute atomic E-state index is 12.6. The molecule has 0 N–H and O–H groups in total. The van der Waals surface area contributed by atoms with Crippen molar-refractivity contribution < 1.29 is 14.3 Å². The molecule has 0 atom stereocenters. The highest BCUT2D eigenvalue weighted by molar-refractivity contribution is 5.78. The summed E-state index contributed by atoms with van der Waals surface area (Å²) >= 11 is 0. The number of rotatable bonds is 9. The van der Waals surface area contributed by atoms with Crippen molar-refractivity contribution in [3.05, 3.63) is 60.2 Å². The Bertz CT molecular complexity index is 761.